The van der Waals surface area contributed by atoms with Crippen molar-refractivity contribution in [2.24, 2.45) is 0 Å². The summed E-state index contributed by atoms with van der Waals surface area (Å²) in [5, 5.41) is 7.70. The minimum atomic E-state index is 0.576. The molecule has 33 heavy (non-hydrogen) atoms. The van der Waals surface area contributed by atoms with Crippen molar-refractivity contribution in [3.05, 3.63) is 59.9 Å². The van der Waals surface area contributed by atoms with Crippen LogP contribution in [0.3, 0.4) is 0 Å². The Kier molecular flexibility index (Phi) is 6.79. The van der Waals surface area contributed by atoms with Crippen molar-refractivity contribution < 1.29 is 14.0 Å². The molecule has 0 spiro atoms. The van der Waals surface area contributed by atoms with Gasteiger partial charge in [-0.05, 0) is 56.8 Å². The standard InChI is InChI=1S/C26H32N4O3/c1-20-3-6-22(7-4-20)30-13-11-29(12-14-30)10-2-9-27-19-23-18-24(28-33-23)21-5-8-25-26(17-21)32-16-15-31-25/h3-8,17-18,27H,2,9-16,19H2,1H3. The molecule has 0 radical (unpaired) electrons. The Morgan fingerprint density at radius 3 is 2.52 bits per heavy atom. The SMILES string of the molecule is Cc1ccc(N2CCN(CCCNCc3cc(-c4ccc5c(c4)OCCO5)no3)CC2)cc1. The molecule has 0 saturated carbocycles. The lowest BCUT2D eigenvalue weighted by atomic mass is 10.1. The van der Waals surface area contributed by atoms with E-state index in [0.717, 1.165) is 74.2 Å². The lowest BCUT2D eigenvalue weighted by molar-refractivity contribution is 0.171. The summed E-state index contributed by atoms with van der Waals surface area (Å²) in [6.45, 7) is 10.5. The molecule has 0 unspecified atom stereocenters. The van der Waals surface area contributed by atoms with Crippen LogP contribution in [0.4, 0.5) is 5.69 Å². The normalized spacial score (nSPS) is 16.2. The molecule has 3 aromatic rings. The molecule has 5 rings (SSSR count). The van der Waals surface area contributed by atoms with E-state index < -0.39 is 0 Å². The van der Waals surface area contributed by atoms with Gasteiger partial charge < -0.3 is 24.2 Å². The highest BCUT2D eigenvalue weighted by Crippen LogP contribution is 2.34. The average molecular weight is 449 g/mol. The molecule has 2 aromatic carbocycles. The van der Waals surface area contributed by atoms with Gasteiger partial charge in [0.15, 0.2) is 17.3 Å². The topological polar surface area (TPSA) is 63.0 Å². The van der Waals surface area contributed by atoms with Gasteiger partial charge in [0.05, 0.1) is 6.54 Å². The number of hydrogen-bond acceptors (Lipinski definition) is 7. The van der Waals surface area contributed by atoms with Crippen LogP contribution in [0.2, 0.25) is 0 Å². The van der Waals surface area contributed by atoms with Crippen molar-refractivity contribution in [3.8, 4) is 22.8 Å². The summed E-state index contributed by atoms with van der Waals surface area (Å²) in [5.74, 6) is 2.39. The number of hydrogen-bond donors (Lipinski definition) is 1. The van der Waals surface area contributed by atoms with E-state index in [-0.39, 0.29) is 0 Å². The highest BCUT2D eigenvalue weighted by molar-refractivity contribution is 5.64. The number of benzene rings is 2. The van der Waals surface area contributed by atoms with Crippen molar-refractivity contribution in [3.63, 3.8) is 0 Å². The summed E-state index contributed by atoms with van der Waals surface area (Å²) in [7, 11) is 0. The summed E-state index contributed by atoms with van der Waals surface area (Å²) >= 11 is 0. The zero-order valence-corrected chi connectivity index (χ0v) is 19.3. The molecule has 2 aliphatic rings. The van der Waals surface area contributed by atoms with Gasteiger partial charge in [-0.25, -0.2) is 0 Å². The van der Waals surface area contributed by atoms with Crippen LogP contribution in [0.25, 0.3) is 11.3 Å². The molecule has 1 aromatic heterocycles. The van der Waals surface area contributed by atoms with Crippen molar-refractivity contribution in [1.29, 1.82) is 0 Å². The highest BCUT2D eigenvalue weighted by atomic mass is 16.6. The number of fused-ring (bicyclic) bond motifs is 1. The molecule has 0 amide bonds. The molecular formula is C26H32N4O3. The van der Waals surface area contributed by atoms with E-state index in [4.69, 9.17) is 14.0 Å². The molecule has 7 heteroatoms. The first kappa shape index (κ1) is 21.8. The van der Waals surface area contributed by atoms with Crippen LogP contribution in [0, 0.1) is 6.92 Å². The van der Waals surface area contributed by atoms with Crippen LogP contribution >= 0.6 is 0 Å². The number of nitrogens with zero attached hydrogens (tertiary/aromatic N) is 3. The van der Waals surface area contributed by atoms with E-state index >= 15 is 0 Å². The minimum Gasteiger partial charge on any atom is -0.486 e. The number of aryl methyl sites for hydroxylation is 1. The largest absolute Gasteiger partial charge is 0.486 e. The Morgan fingerprint density at radius 2 is 1.70 bits per heavy atom. The maximum absolute atomic E-state index is 5.66. The van der Waals surface area contributed by atoms with E-state index in [1.807, 2.05) is 24.3 Å². The Bertz CT molecular complexity index is 1040. The smallest absolute Gasteiger partial charge is 0.162 e. The number of rotatable bonds is 8. The van der Waals surface area contributed by atoms with Gasteiger partial charge in [-0.1, -0.05) is 22.9 Å². The molecular weight excluding hydrogens is 416 g/mol. The number of anilines is 1. The van der Waals surface area contributed by atoms with Gasteiger partial charge >= 0.3 is 0 Å². The van der Waals surface area contributed by atoms with Crippen LogP contribution in [0.5, 0.6) is 11.5 Å². The number of aromatic nitrogens is 1. The zero-order valence-electron chi connectivity index (χ0n) is 19.3. The lowest BCUT2D eigenvalue weighted by Gasteiger charge is -2.36. The van der Waals surface area contributed by atoms with Gasteiger partial charge in [0.1, 0.15) is 18.9 Å². The highest BCUT2D eigenvalue weighted by Gasteiger charge is 2.17. The predicted octanol–water partition coefficient (Wildman–Crippen LogP) is 3.72. The molecule has 1 saturated heterocycles. The van der Waals surface area contributed by atoms with Crippen LogP contribution in [-0.2, 0) is 6.54 Å². The first-order chi connectivity index (χ1) is 16.2. The zero-order chi connectivity index (χ0) is 22.5. The van der Waals surface area contributed by atoms with Gasteiger partial charge in [0.25, 0.3) is 0 Å². The molecule has 3 heterocycles. The van der Waals surface area contributed by atoms with Gasteiger partial charge in [0.2, 0.25) is 0 Å². The summed E-state index contributed by atoms with van der Waals surface area (Å²) in [4.78, 5) is 5.04. The van der Waals surface area contributed by atoms with Gasteiger partial charge in [0, 0.05) is 43.5 Å². The predicted molar refractivity (Wildman–Crippen MR) is 129 cm³/mol. The fourth-order valence-electron chi connectivity index (χ4n) is 4.36. The summed E-state index contributed by atoms with van der Waals surface area (Å²) < 4.78 is 16.8. The van der Waals surface area contributed by atoms with E-state index in [0.29, 0.717) is 19.8 Å². The van der Waals surface area contributed by atoms with E-state index in [2.05, 4.69) is 51.5 Å². The second kappa shape index (κ2) is 10.3. The Morgan fingerprint density at radius 1 is 0.909 bits per heavy atom. The monoisotopic (exact) mass is 448 g/mol. The summed E-state index contributed by atoms with van der Waals surface area (Å²) in [5.41, 5.74) is 4.44. The molecule has 2 aliphatic heterocycles. The average Bonchev–Trinajstić information content (AvgIpc) is 3.33. The van der Waals surface area contributed by atoms with Gasteiger partial charge in [-0.15, -0.1) is 0 Å². The molecule has 1 N–H and O–H groups in total. The third-order valence-electron chi connectivity index (χ3n) is 6.30. The molecule has 0 bridgehead atoms. The third-order valence-corrected chi connectivity index (χ3v) is 6.30. The fourth-order valence-corrected chi connectivity index (χ4v) is 4.36. The summed E-state index contributed by atoms with van der Waals surface area (Å²) in [6.07, 6.45) is 1.12. The third kappa shape index (κ3) is 5.49. The Hall–Kier alpha value is -3.03. The molecule has 7 nitrogen and oxygen atoms in total. The number of piperazine rings is 1. The second-order valence-corrected chi connectivity index (χ2v) is 8.73. The maximum Gasteiger partial charge on any atom is 0.162 e. The molecule has 0 atom stereocenters. The van der Waals surface area contributed by atoms with Crippen LogP contribution < -0.4 is 19.7 Å². The van der Waals surface area contributed by atoms with Crippen LogP contribution in [0.15, 0.2) is 53.1 Å². The van der Waals surface area contributed by atoms with Gasteiger partial charge in [-0.2, -0.15) is 0 Å². The lowest BCUT2D eigenvalue weighted by Crippen LogP contribution is -2.46. The van der Waals surface area contributed by atoms with E-state index in [1.54, 1.807) is 0 Å². The molecule has 1 fully saturated rings. The number of ether oxygens (including phenoxy) is 2. The van der Waals surface area contributed by atoms with E-state index in [9.17, 15) is 0 Å². The van der Waals surface area contributed by atoms with Gasteiger partial charge in [-0.3, -0.25) is 4.90 Å². The molecule has 0 aliphatic carbocycles. The van der Waals surface area contributed by atoms with Crippen molar-refractivity contribution in [2.75, 3.05) is 57.4 Å². The maximum atomic E-state index is 5.66. The van der Waals surface area contributed by atoms with Crippen molar-refractivity contribution >= 4 is 5.69 Å². The molecule has 174 valence electrons. The fraction of sp³-hybridized carbons (Fsp3) is 0.423. The van der Waals surface area contributed by atoms with E-state index in [1.165, 1.54) is 11.3 Å². The number of nitrogens with one attached hydrogen (secondary N) is 1. The van der Waals surface area contributed by atoms with Crippen molar-refractivity contribution in [1.82, 2.24) is 15.4 Å². The van der Waals surface area contributed by atoms with Crippen LogP contribution in [0.1, 0.15) is 17.7 Å². The quantitative estimate of drug-likeness (QED) is 0.527. The first-order valence-corrected chi connectivity index (χ1v) is 11.8. The summed E-state index contributed by atoms with van der Waals surface area (Å²) in [6, 6.07) is 16.7. The van der Waals surface area contributed by atoms with Crippen molar-refractivity contribution in [2.45, 2.75) is 19.9 Å². The Labute approximate surface area is 195 Å². The Balaban J connectivity index is 1.01. The minimum absolute atomic E-state index is 0.576. The second-order valence-electron chi connectivity index (χ2n) is 8.73. The van der Waals surface area contributed by atoms with Crippen LogP contribution in [-0.4, -0.2) is 62.5 Å². The first-order valence-electron chi connectivity index (χ1n) is 11.8.